The average molecular weight is 591 g/mol. The molecule has 0 bridgehead atoms. The first kappa shape index (κ1) is 29.7. The van der Waals surface area contributed by atoms with Crippen LogP contribution in [0.1, 0.15) is 25.3 Å². The van der Waals surface area contributed by atoms with E-state index in [1.165, 1.54) is 11.4 Å². The van der Waals surface area contributed by atoms with E-state index in [2.05, 4.69) is 17.0 Å². The molecule has 1 aliphatic heterocycles. The minimum atomic E-state index is -3.78. The molecule has 5 N–H and O–H groups in total. The van der Waals surface area contributed by atoms with Crippen LogP contribution in [-0.2, 0) is 26.3 Å². The molecule has 0 unspecified atom stereocenters. The number of ether oxygens (including phenoxy) is 2. The lowest BCUT2D eigenvalue weighted by Crippen LogP contribution is -2.52. The summed E-state index contributed by atoms with van der Waals surface area (Å²) in [7, 11) is -2.28. The van der Waals surface area contributed by atoms with Crippen LogP contribution >= 0.6 is 11.6 Å². The van der Waals surface area contributed by atoms with E-state index in [-0.39, 0.29) is 43.9 Å². The SMILES string of the molecule is COc1cc(CNS(=O)(=O)N2CCN(/C(C=N)=C(\OCC3(C)CC3)C(=O)Nc3cccc(Cl)c3)CC2)ccc1N. The maximum atomic E-state index is 13.3. The summed E-state index contributed by atoms with van der Waals surface area (Å²) in [5, 5.41) is 11.4. The number of rotatable bonds is 12. The molecular formula is C27H35ClN6O5S. The molecule has 13 heteroatoms. The number of hydrogen-bond donors (Lipinski definition) is 4. The van der Waals surface area contributed by atoms with Gasteiger partial charge in [0.05, 0.1) is 19.4 Å². The van der Waals surface area contributed by atoms with Gasteiger partial charge in [-0.2, -0.15) is 17.4 Å². The molecule has 1 heterocycles. The fourth-order valence-corrected chi connectivity index (χ4v) is 5.58. The van der Waals surface area contributed by atoms with Crippen molar-refractivity contribution in [2.75, 3.05) is 50.9 Å². The summed E-state index contributed by atoms with van der Waals surface area (Å²) in [6.07, 6.45) is 3.09. The van der Waals surface area contributed by atoms with E-state index in [1.54, 1.807) is 47.4 Å². The lowest BCUT2D eigenvalue weighted by atomic mass is 10.2. The quantitative estimate of drug-likeness (QED) is 0.128. The number of nitrogen functional groups attached to an aromatic ring is 1. The number of piperazine rings is 1. The number of nitrogens with two attached hydrogens (primary N) is 1. The van der Waals surface area contributed by atoms with Crippen molar-refractivity contribution in [3.63, 3.8) is 0 Å². The molecule has 2 aromatic carbocycles. The third-order valence-electron chi connectivity index (χ3n) is 7.00. The van der Waals surface area contributed by atoms with Crippen molar-refractivity contribution in [2.45, 2.75) is 26.3 Å². The number of allylic oxidation sites excluding steroid dienone is 1. The number of carbonyl (C=O) groups is 1. The summed E-state index contributed by atoms with van der Waals surface area (Å²) in [4.78, 5) is 15.1. The molecule has 216 valence electrons. The van der Waals surface area contributed by atoms with E-state index in [9.17, 15) is 13.2 Å². The van der Waals surface area contributed by atoms with Gasteiger partial charge in [0.15, 0.2) is 0 Å². The van der Waals surface area contributed by atoms with Crippen LogP contribution in [0.3, 0.4) is 0 Å². The Morgan fingerprint density at radius 1 is 1.18 bits per heavy atom. The first-order chi connectivity index (χ1) is 19.0. The van der Waals surface area contributed by atoms with E-state index in [0.717, 1.165) is 19.1 Å². The van der Waals surface area contributed by atoms with Gasteiger partial charge in [-0.15, -0.1) is 0 Å². The first-order valence-corrected chi connectivity index (χ1v) is 14.7. The van der Waals surface area contributed by atoms with Gasteiger partial charge in [-0.05, 0) is 48.7 Å². The van der Waals surface area contributed by atoms with Crippen LogP contribution in [0.25, 0.3) is 0 Å². The maximum absolute atomic E-state index is 13.3. The van der Waals surface area contributed by atoms with Gasteiger partial charge < -0.3 is 30.8 Å². The minimum Gasteiger partial charge on any atom is -0.495 e. The van der Waals surface area contributed by atoms with Crippen molar-refractivity contribution in [3.05, 3.63) is 64.5 Å². The van der Waals surface area contributed by atoms with Crippen molar-refractivity contribution >= 4 is 45.3 Å². The predicted octanol–water partition coefficient (Wildman–Crippen LogP) is 3.20. The van der Waals surface area contributed by atoms with Gasteiger partial charge in [-0.3, -0.25) is 4.79 Å². The number of anilines is 2. The largest absolute Gasteiger partial charge is 0.495 e. The zero-order valence-electron chi connectivity index (χ0n) is 22.6. The highest BCUT2D eigenvalue weighted by atomic mass is 35.5. The fourth-order valence-electron chi connectivity index (χ4n) is 4.22. The van der Waals surface area contributed by atoms with E-state index in [1.807, 2.05) is 0 Å². The summed E-state index contributed by atoms with van der Waals surface area (Å²) >= 11 is 6.07. The number of carbonyl (C=O) groups excluding carboxylic acids is 1. The van der Waals surface area contributed by atoms with Crippen LogP contribution < -0.4 is 20.5 Å². The summed E-state index contributed by atoms with van der Waals surface area (Å²) in [5.41, 5.74) is 7.81. The lowest BCUT2D eigenvalue weighted by Gasteiger charge is -2.36. The molecule has 11 nitrogen and oxygen atoms in total. The topological polar surface area (TPSA) is 150 Å². The molecule has 40 heavy (non-hydrogen) atoms. The number of halogens is 1. The van der Waals surface area contributed by atoms with E-state index in [4.69, 9.17) is 32.2 Å². The van der Waals surface area contributed by atoms with Gasteiger partial charge in [0.1, 0.15) is 11.4 Å². The Hall–Kier alpha value is -3.32. The molecular weight excluding hydrogens is 556 g/mol. The molecule has 2 aliphatic rings. The first-order valence-electron chi connectivity index (χ1n) is 12.9. The highest BCUT2D eigenvalue weighted by Gasteiger charge is 2.39. The van der Waals surface area contributed by atoms with Crippen LogP contribution in [0.15, 0.2) is 53.9 Å². The normalized spacial score (nSPS) is 17.5. The third-order valence-corrected chi connectivity index (χ3v) is 8.79. The van der Waals surface area contributed by atoms with Crippen LogP contribution in [0, 0.1) is 10.8 Å². The molecule has 2 aromatic rings. The van der Waals surface area contributed by atoms with Gasteiger partial charge in [0, 0.05) is 55.1 Å². The van der Waals surface area contributed by atoms with E-state index >= 15 is 0 Å². The lowest BCUT2D eigenvalue weighted by molar-refractivity contribution is -0.116. The number of methoxy groups -OCH3 is 1. The number of nitrogens with one attached hydrogen (secondary N) is 3. The van der Waals surface area contributed by atoms with Crippen LogP contribution in [0.4, 0.5) is 11.4 Å². The Morgan fingerprint density at radius 2 is 1.90 bits per heavy atom. The smallest absolute Gasteiger partial charge is 0.293 e. The Morgan fingerprint density at radius 3 is 2.52 bits per heavy atom. The molecule has 1 aliphatic carbocycles. The second kappa shape index (κ2) is 12.5. The maximum Gasteiger partial charge on any atom is 0.293 e. The zero-order chi connectivity index (χ0) is 28.9. The van der Waals surface area contributed by atoms with Gasteiger partial charge >= 0.3 is 0 Å². The molecule has 1 saturated carbocycles. The number of hydrogen-bond acceptors (Lipinski definition) is 8. The van der Waals surface area contributed by atoms with Crippen molar-refractivity contribution < 1.29 is 22.7 Å². The highest BCUT2D eigenvalue weighted by Crippen LogP contribution is 2.45. The Kier molecular flexibility index (Phi) is 9.24. The van der Waals surface area contributed by atoms with Gasteiger partial charge in [-0.1, -0.05) is 30.7 Å². The molecule has 1 amide bonds. The van der Waals surface area contributed by atoms with Gasteiger partial charge in [-0.25, -0.2) is 0 Å². The fraction of sp³-hybridized carbons (Fsp3) is 0.407. The van der Waals surface area contributed by atoms with E-state index in [0.29, 0.717) is 40.0 Å². The summed E-state index contributed by atoms with van der Waals surface area (Å²) < 4.78 is 41.2. The monoisotopic (exact) mass is 590 g/mol. The molecule has 0 aromatic heterocycles. The second-order valence-corrected chi connectivity index (χ2v) is 12.4. The predicted molar refractivity (Wildman–Crippen MR) is 155 cm³/mol. The number of nitrogens with zero attached hydrogens (tertiary/aromatic N) is 2. The standard InChI is InChI=1S/C27H35ClN6O5S/c1-27(8-9-27)18-39-25(26(35)32-21-5-3-4-20(28)15-21)23(16-29)33-10-12-34(13-11-33)40(36,37)31-17-19-6-7-22(30)24(14-19)38-2/h3-7,14-16,29,31H,8-13,17-18,30H2,1-2H3,(H,32,35)/b25-23-,29-16?. The van der Waals surface area contributed by atoms with Crippen LogP contribution in [0.2, 0.25) is 5.02 Å². The minimum absolute atomic E-state index is 0.00165. The molecule has 4 rings (SSSR count). The molecule has 0 spiro atoms. The number of benzene rings is 2. The summed E-state index contributed by atoms with van der Waals surface area (Å²) in [6, 6.07) is 11.9. The Balaban J connectivity index is 1.45. The Labute approximate surface area is 239 Å². The number of amides is 1. The van der Waals surface area contributed by atoms with Crippen LogP contribution in [0.5, 0.6) is 5.75 Å². The van der Waals surface area contributed by atoms with E-state index < -0.39 is 16.1 Å². The highest BCUT2D eigenvalue weighted by molar-refractivity contribution is 7.87. The van der Waals surface area contributed by atoms with Crippen molar-refractivity contribution in [1.29, 1.82) is 5.41 Å². The van der Waals surface area contributed by atoms with Gasteiger partial charge in [0.2, 0.25) is 5.76 Å². The van der Waals surface area contributed by atoms with Gasteiger partial charge in [0.25, 0.3) is 16.1 Å². The van der Waals surface area contributed by atoms with Crippen LogP contribution in [-0.4, -0.2) is 69.6 Å². The molecule has 0 radical (unpaired) electrons. The van der Waals surface area contributed by atoms with Crippen molar-refractivity contribution in [2.24, 2.45) is 5.41 Å². The molecule has 0 atom stereocenters. The molecule has 2 fully saturated rings. The van der Waals surface area contributed by atoms with Crippen molar-refractivity contribution in [3.8, 4) is 5.75 Å². The summed E-state index contributed by atoms with van der Waals surface area (Å²) in [6.45, 7) is 3.38. The van der Waals surface area contributed by atoms with Crippen molar-refractivity contribution in [1.82, 2.24) is 13.9 Å². The second-order valence-electron chi connectivity index (χ2n) is 10.2. The summed E-state index contributed by atoms with van der Waals surface area (Å²) in [5.74, 6) is -0.000125. The average Bonchev–Trinajstić information content (AvgIpc) is 3.67. The Bertz CT molecular complexity index is 1390. The third kappa shape index (κ3) is 7.45. The zero-order valence-corrected chi connectivity index (χ0v) is 24.1. The molecule has 1 saturated heterocycles.